The fraction of sp³-hybridized carbons (Fsp3) is 0.400. The van der Waals surface area contributed by atoms with Crippen LogP contribution in [0.4, 0.5) is 5.69 Å². The molecule has 1 aliphatic rings. The zero-order valence-corrected chi connectivity index (χ0v) is 12.5. The maximum Gasteiger partial charge on any atom is 0.328 e. The van der Waals surface area contributed by atoms with Crippen molar-refractivity contribution in [2.24, 2.45) is 0 Å². The van der Waals surface area contributed by atoms with E-state index in [0.29, 0.717) is 24.1 Å². The molecule has 1 saturated carbocycles. The lowest BCUT2D eigenvalue weighted by molar-refractivity contribution is -0.131. The van der Waals surface area contributed by atoms with Crippen LogP contribution in [0.5, 0.6) is 0 Å². The molecule has 0 aliphatic heterocycles. The van der Waals surface area contributed by atoms with Crippen molar-refractivity contribution < 1.29 is 18.3 Å². The number of hydrogen-bond donors (Lipinski definition) is 2. The Kier molecular flexibility index (Phi) is 5.01. The molecular weight excluding hydrogens is 290 g/mol. The van der Waals surface area contributed by atoms with Gasteiger partial charge in [-0.2, -0.15) is 0 Å². The standard InChI is InChI=1S/C15H19NO4S/c17-15(18)10-9-12-5-4-6-13(11-12)16-21(19,20)14-7-2-1-3-8-14/h4-6,9-11,14,16H,1-3,7-8H2,(H,17,18). The van der Waals surface area contributed by atoms with Crippen LogP contribution in [0.15, 0.2) is 30.3 Å². The molecule has 0 heterocycles. The molecule has 0 radical (unpaired) electrons. The number of carbonyl (C=O) groups is 1. The quantitative estimate of drug-likeness (QED) is 0.819. The molecule has 0 aromatic heterocycles. The Hall–Kier alpha value is -1.82. The predicted octanol–water partition coefficient (Wildman–Crippen LogP) is 2.86. The topological polar surface area (TPSA) is 83.5 Å². The summed E-state index contributed by atoms with van der Waals surface area (Å²) in [6.07, 6.45) is 6.86. The van der Waals surface area contributed by atoms with Crippen LogP contribution in [0, 0.1) is 0 Å². The molecule has 21 heavy (non-hydrogen) atoms. The molecule has 0 unspecified atom stereocenters. The summed E-state index contributed by atoms with van der Waals surface area (Å²) < 4.78 is 27.2. The Morgan fingerprint density at radius 1 is 1.24 bits per heavy atom. The second-order valence-corrected chi connectivity index (χ2v) is 7.16. The van der Waals surface area contributed by atoms with Crippen molar-refractivity contribution in [2.45, 2.75) is 37.4 Å². The zero-order chi connectivity index (χ0) is 15.3. The molecule has 0 atom stereocenters. The first-order chi connectivity index (χ1) is 9.97. The molecule has 1 aromatic rings. The summed E-state index contributed by atoms with van der Waals surface area (Å²) in [6.45, 7) is 0. The van der Waals surface area contributed by atoms with Gasteiger partial charge in [0, 0.05) is 11.8 Å². The van der Waals surface area contributed by atoms with E-state index in [1.165, 1.54) is 6.08 Å². The number of benzene rings is 1. The second kappa shape index (κ2) is 6.76. The van der Waals surface area contributed by atoms with Gasteiger partial charge in [0.15, 0.2) is 0 Å². The Labute approximate surface area is 124 Å². The number of carboxylic acid groups (broad SMARTS) is 1. The fourth-order valence-electron chi connectivity index (χ4n) is 2.50. The van der Waals surface area contributed by atoms with E-state index in [4.69, 9.17) is 5.11 Å². The summed E-state index contributed by atoms with van der Waals surface area (Å²) in [4.78, 5) is 10.5. The van der Waals surface area contributed by atoms with Crippen LogP contribution in [0.1, 0.15) is 37.7 Å². The summed E-state index contributed by atoms with van der Waals surface area (Å²) in [5.74, 6) is -1.04. The molecule has 6 heteroatoms. The van der Waals surface area contributed by atoms with Gasteiger partial charge in [0.05, 0.1) is 5.25 Å². The lowest BCUT2D eigenvalue weighted by atomic mass is 10.0. The monoisotopic (exact) mass is 309 g/mol. The van der Waals surface area contributed by atoms with Gasteiger partial charge in [-0.1, -0.05) is 31.4 Å². The van der Waals surface area contributed by atoms with E-state index in [-0.39, 0.29) is 5.25 Å². The highest BCUT2D eigenvalue weighted by Gasteiger charge is 2.27. The van der Waals surface area contributed by atoms with E-state index < -0.39 is 16.0 Å². The molecule has 1 fully saturated rings. The van der Waals surface area contributed by atoms with E-state index in [9.17, 15) is 13.2 Å². The van der Waals surface area contributed by atoms with Gasteiger partial charge in [0.2, 0.25) is 10.0 Å². The molecule has 0 saturated heterocycles. The van der Waals surface area contributed by atoms with Gasteiger partial charge in [0.1, 0.15) is 0 Å². The number of anilines is 1. The minimum Gasteiger partial charge on any atom is -0.478 e. The molecule has 0 amide bonds. The van der Waals surface area contributed by atoms with Crippen LogP contribution in [-0.4, -0.2) is 24.7 Å². The summed E-state index contributed by atoms with van der Waals surface area (Å²) >= 11 is 0. The first-order valence-corrected chi connectivity index (χ1v) is 8.55. The summed E-state index contributed by atoms with van der Waals surface area (Å²) in [7, 11) is -3.37. The Bertz CT molecular complexity index is 631. The molecule has 1 aliphatic carbocycles. The SMILES string of the molecule is O=C(O)C=Cc1cccc(NS(=O)(=O)C2CCCCC2)c1. The van der Waals surface area contributed by atoms with Gasteiger partial charge in [-0.25, -0.2) is 13.2 Å². The predicted molar refractivity (Wildman–Crippen MR) is 82.5 cm³/mol. The maximum absolute atomic E-state index is 12.3. The third-order valence-corrected chi connectivity index (χ3v) is 5.43. The van der Waals surface area contributed by atoms with Crippen molar-refractivity contribution in [3.05, 3.63) is 35.9 Å². The average molecular weight is 309 g/mol. The minimum absolute atomic E-state index is 0.329. The lowest BCUT2D eigenvalue weighted by Crippen LogP contribution is -2.29. The van der Waals surface area contributed by atoms with Gasteiger partial charge >= 0.3 is 5.97 Å². The Balaban J connectivity index is 2.11. The number of hydrogen-bond acceptors (Lipinski definition) is 3. The van der Waals surface area contributed by atoms with E-state index in [1.54, 1.807) is 24.3 Å². The highest BCUT2D eigenvalue weighted by Crippen LogP contribution is 2.25. The molecule has 5 nitrogen and oxygen atoms in total. The van der Waals surface area contributed by atoms with Gasteiger partial charge < -0.3 is 5.11 Å². The largest absolute Gasteiger partial charge is 0.478 e. The molecule has 114 valence electrons. The number of sulfonamides is 1. The van der Waals surface area contributed by atoms with Crippen LogP contribution in [0.3, 0.4) is 0 Å². The van der Waals surface area contributed by atoms with Crippen molar-refractivity contribution >= 4 is 27.8 Å². The number of nitrogens with one attached hydrogen (secondary N) is 1. The molecular formula is C15H19NO4S. The molecule has 0 spiro atoms. The van der Waals surface area contributed by atoms with Crippen LogP contribution < -0.4 is 4.72 Å². The van der Waals surface area contributed by atoms with Gasteiger partial charge in [-0.3, -0.25) is 4.72 Å². The smallest absolute Gasteiger partial charge is 0.328 e. The van der Waals surface area contributed by atoms with E-state index in [0.717, 1.165) is 25.3 Å². The van der Waals surface area contributed by atoms with Crippen molar-refractivity contribution in [3.63, 3.8) is 0 Å². The van der Waals surface area contributed by atoms with Crippen molar-refractivity contribution in [1.29, 1.82) is 0 Å². The van der Waals surface area contributed by atoms with Crippen molar-refractivity contribution in [1.82, 2.24) is 0 Å². The highest BCUT2D eigenvalue weighted by molar-refractivity contribution is 7.93. The summed E-state index contributed by atoms with van der Waals surface area (Å²) in [5, 5.41) is 8.27. The Morgan fingerprint density at radius 2 is 1.95 bits per heavy atom. The van der Waals surface area contributed by atoms with Gasteiger partial charge in [-0.15, -0.1) is 0 Å². The van der Waals surface area contributed by atoms with Gasteiger partial charge in [0.25, 0.3) is 0 Å². The lowest BCUT2D eigenvalue weighted by Gasteiger charge is -2.22. The molecule has 2 N–H and O–H groups in total. The van der Waals surface area contributed by atoms with Crippen molar-refractivity contribution in [2.75, 3.05) is 4.72 Å². The molecule has 2 rings (SSSR count). The first kappa shape index (κ1) is 15.6. The number of rotatable bonds is 5. The molecule has 0 bridgehead atoms. The summed E-state index contributed by atoms with van der Waals surface area (Å²) in [6, 6.07) is 6.70. The van der Waals surface area contributed by atoms with Crippen LogP contribution >= 0.6 is 0 Å². The second-order valence-electron chi connectivity index (χ2n) is 5.20. The molecule has 1 aromatic carbocycles. The van der Waals surface area contributed by atoms with E-state index in [2.05, 4.69) is 4.72 Å². The highest BCUT2D eigenvalue weighted by atomic mass is 32.2. The average Bonchev–Trinajstić information content (AvgIpc) is 2.46. The van der Waals surface area contributed by atoms with Crippen molar-refractivity contribution in [3.8, 4) is 0 Å². The first-order valence-electron chi connectivity index (χ1n) is 7.00. The van der Waals surface area contributed by atoms with Gasteiger partial charge in [-0.05, 0) is 36.6 Å². The normalized spacial score (nSPS) is 17.0. The van der Waals surface area contributed by atoms with Crippen LogP contribution in [0.25, 0.3) is 6.08 Å². The Morgan fingerprint density at radius 3 is 2.62 bits per heavy atom. The third-order valence-electron chi connectivity index (χ3n) is 3.56. The van der Waals surface area contributed by atoms with E-state index in [1.807, 2.05) is 0 Å². The number of carboxylic acids is 1. The zero-order valence-electron chi connectivity index (χ0n) is 11.7. The maximum atomic E-state index is 12.3. The van der Waals surface area contributed by atoms with Crippen LogP contribution in [0.2, 0.25) is 0 Å². The summed E-state index contributed by atoms with van der Waals surface area (Å²) in [5.41, 5.74) is 1.11. The minimum atomic E-state index is -3.37. The number of aliphatic carboxylic acids is 1. The third kappa shape index (κ3) is 4.60. The van der Waals surface area contributed by atoms with Crippen LogP contribution in [-0.2, 0) is 14.8 Å². The fourth-order valence-corrected chi connectivity index (χ4v) is 4.07. The van der Waals surface area contributed by atoms with E-state index >= 15 is 0 Å².